The number of hydrogen-bond acceptors (Lipinski definition) is 2. The molecule has 0 saturated carbocycles. The van der Waals surface area contributed by atoms with Gasteiger partial charge in [-0.1, -0.05) is 5.92 Å². The van der Waals surface area contributed by atoms with Gasteiger partial charge in [-0.05, 0) is 75.4 Å². The Labute approximate surface area is 160 Å². The molecule has 5 heteroatoms. The quantitative estimate of drug-likeness (QED) is 0.682. The molecule has 27 heavy (non-hydrogen) atoms. The van der Waals surface area contributed by atoms with Gasteiger partial charge in [-0.15, -0.1) is 0 Å². The molecule has 0 bridgehead atoms. The number of allylic oxidation sites excluding steroid dienone is 4. The molecule has 0 spiro atoms. The molecule has 0 N–H and O–H groups in total. The SMILES string of the molecule is CC1=C(N2CC(C)(C)N(C)C2=O)C=NC(C#Cc2ccc(F)cc2)=CCC1. The zero-order valence-electron chi connectivity index (χ0n) is 16.2. The highest BCUT2D eigenvalue weighted by molar-refractivity contribution is 5.90. The van der Waals surface area contributed by atoms with Gasteiger partial charge in [0.05, 0.1) is 24.0 Å². The smallest absolute Gasteiger partial charge is 0.320 e. The zero-order valence-corrected chi connectivity index (χ0v) is 16.2. The minimum absolute atomic E-state index is 0.00991. The molecule has 1 fully saturated rings. The number of halogens is 1. The Morgan fingerprint density at radius 3 is 2.52 bits per heavy atom. The van der Waals surface area contributed by atoms with E-state index in [0.29, 0.717) is 12.2 Å². The van der Waals surface area contributed by atoms with E-state index in [-0.39, 0.29) is 17.4 Å². The molecule has 2 amide bonds. The molecule has 2 aliphatic rings. The largest absolute Gasteiger partial charge is 0.324 e. The van der Waals surface area contributed by atoms with Crippen LogP contribution in [0.4, 0.5) is 9.18 Å². The predicted octanol–water partition coefficient (Wildman–Crippen LogP) is 4.35. The van der Waals surface area contributed by atoms with E-state index in [1.807, 2.05) is 20.0 Å². The number of likely N-dealkylation sites (N-methyl/N-ethyl adjacent to an activating group) is 1. The van der Waals surface area contributed by atoms with Crippen molar-refractivity contribution >= 4 is 12.2 Å². The number of carbonyl (C=O) groups is 1. The van der Waals surface area contributed by atoms with Crippen molar-refractivity contribution in [2.24, 2.45) is 4.99 Å². The fourth-order valence-electron chi connectivity index (χ4n) is 3.09. The van der Waals surface area contributed by atoms with Crippen LogP contribution in [-0.2, 0) is 0 Å². The maximum Gasteiger partial charge on any atom is 0.324 e. The molecule has 1 saturated heterocycles. The third-order valence-corrected chi connectivity index (χ3v) is 5.06. The van der Waals surface area contributed by atoms with Crippen LogP contribution in [-0.4, -0.2) is 41.2 Å². The van der Waals surface area contributed by atoms with E-state index < -0.39 is 0 Å². The van der Waals surface area contributed by atoms with Crippen LogP contribution in [0.3, 0.4) is 0 Å². The molecule has 2 heterocycles. The summed E-state index contributed by atoms with van der Waals surface area (Å²) in [6, 6.07) is 6.06. The lowest BCUT2D eigenvalue weighted by molar-refractivity contribution is 0.191. The fourth-order valence-corrected chi connectivity index (χ4v) is 3.09. The summed E-state index contributed by atoms with van der Waals surface area (Å²) < 4.78 is 13.0. The van der Waals surface area contributed by atoms with Crippen molar-refractivity contribution in [1.82, 2.24) is 9.80 Å². The molecule has 0 atom stereocenters. The van der Waals surface area contributed by atoms with Gasteiger partial charge in [0.2, 0.25) is 0 Å². The van der Waals surface area contributed by atoms with Crippen LogP contribution < -0.4 is 0 Å². The lowest BCUT2D eigenvalue weighted by Crippen LogP contribution is -2.38. The van der Waals surface area contributed by atoms with E-state index in [1.54, 1.807) is 28.1 Å². The summed E-state index contributed by atoms with van der Waals surface area (Å²) >= 11 is 0. The Kier molecular flexibility index (Phi) is 5.18. The molecule has 1 aromatic carbocycles. The van der Waals surface area contributed by atoms with E-state index in [1.165, 1.54) is 12.1 Å². The van der Waals surface area contributed by atoms with Crippen molar-refractivity contribution in [3.05, 3.63) is 58.7 Å². The molecule has 0 aliphatic carbocycles. The van der Waals surface area contributed by atoms with E-state index >= 15 is 0 Å². The average Bonchev–Trinajstić information content (AvgIpc) is 2.82. The first-order valence-corrected chi connectivity index (χ1v) is 9.05. The third kappa shape index (κ3) is 4.11. The molecule has 0 unspecified atom stereocenters. The standard InChI is InChI=1S/C22H24FN3O/c1-16-6-5-7-19(13-10-17-8-11-18(23)12-9-17)24-14-20(16)26-15-22(2,3)25(4)21(26)27/h7-9,11-12,14H,5-6,15H2,1-4H3. The fraction of sp³-hybridized carbons (Fsp3) is 0.364. The molecule has 140 valence electrons. The molecular weight excluding hydrogens is 341 g/mol. The number of benzene rings is 1. The number of amides is 2. The number of carbonyl (C=O) groups excluding carboxylic acids is 1. The normalized spacial score (nSPS) is 19.4. The second kappa shape index (κ2) is 7.40. The Morgan fingerprint density at radius 1 is 1.19 bits per heavy atom. The minimum Gasteiger partial charge on any atom is -0.320 e. The Bertz CT molecular complexity index is 898. The summed E-state index contributed by atoms with van der Waals surface area (Å²) in [5.74, 6) is 5.77. The highest BCUT2D eigenvalue weighted by Crippen LogP contribution is 2.29. The number of urea groups is 1. The van der Waals surface area contributed by atoms with E-state index in [9.17, 15) is 9.18 Å². The van der Waals surface area contributed by atoms with Crippen LogP contribution in [0.2, 0.25) is 0 Å². The maximum absolute atomic E-state index is 13.0. The number of aliphatic imine (C=N–C) groups is 1. The molecule has 1 aromatic rings. The van der Waals surface area contributed by atoms with Crippen LogP contribution in [0.5, 0.6) is 0 Å². The summed E-state index contributed by atoms with van der Waals surface area (Å²) in [5.41, 5.74) is 3.16. The molecule has 0 radical (unpaired) electrons. The van der Waals surface area contributed by atoms with Crippen molar-refractivity contribution < 1.29 is 9.18 Å². The van der Waals surface area contributed by atoms with Crippen molar-refractivity contribution in [1.29, 1.82) is 0 Å². The Morgan fingerprint density at radius 2 is 1.89 bits per heavy atom. The van der Waals surface area contributed by atoms with Gasteiger partial charge in [-0.2, -0.15) is 0 Å². The monoisotopic (exact) mass is 365 g/mol. The van der Waals surface area contributed by atoms with Gasteiger partial charge in [0.1, 0.15) is 11.5 Å². The molecule has 3 rings (SSSR count). The Balaban J connectivity index is 1.84. The van der Waals surface area contributed by atoms with Gasteiger partial charge >= 0.3 is 6.03 Å². The Hall–Kier alpha value is -2.87. The van der Waals surface area contributed by atoms with Crippen LogP contribution in [0.25, 0.3) is 0 Å². The molecule has 2 aliphatic heterocycles. The van der Waals surface area contributed by atoms with E-state index in [4.69, 9.17) is 0 Å². The van der Waals surface area contributed by atoms with Gasteiger partial charge in [0, 0.05) is 12.6 Å². The molecule has 0 aromatic heterocycles. The van der Waals surface area contributed by atoms with E-state index in [2.05, 4.69) is 30.7 Å². The number of hydrogen-bond donors (Lipinski definition) is 0. The van der Waals surface area contributed by atoms with Gasteiger partial charge in [0.25, 0.3) is 0 Å². The lowest BCUT2D eigenvalue weighted by Gasteiger charge is -2.24. The summed E-state index contributed by atoms with van der Waals surface area (Å²) in [4.78, 5) is 20.8. The van der Waals surface area contributed by atoms with Gasteiger partial charge in [0.15, 0.2) is 0 Å². The first kappa shape index (κ1) is 18.9. The minimum atomic E-state index is -0.280. The number of rotatable bonds is 1. The first-order chi connectivity index (χ1) is 12.8. The summed E-state index contributed by atoms with van der Waals surface area (Å²) in [6.45, 7) is 6.78. The summed E-state index contributed by atoms with van der Waals surface area (Å²) in [7, 11) is 1.83. The van der Waals surface area contributed by atoms with Crippen molar-refractivity contribution in [3.63, 3.8) is 0 Å². The van der Waals surface area contributed by atoms with Gasteiger partial charge < -0.3 is 4.90 Å². The zero-order chi connectivity index (χ0) is 19.6. The van der Waals surface area contributed by atoms with Gasteiger partial charge in [-0.3, -0.25) is 4.90 Å². The highest BCUT2D eigenvalue weighted by atomic mass is 19.1. The van der Waals surface area contributed by atoms with Crippen LogP contribution in [0.1, 0.15) is 39.2 Å². The van der Waals surface area contributed by atoms with Crippen LogP contribution in [0.15, 0.2) is 52.3 Å². The van der Waals surface area contributed by atoms with Gasteiger partial charge in [-0.25, -0.2) is 14.2 Å². The molecule has 4 nitrogen and oxygen atoms in total. The average molecular weight is 365 g/mol. The second-order valence-electron chi connectivity index (χ2n) is 7.55. The topological polar surface area (TPSA) is 35.9 Å². The van der Waals surface area contributed by atoms with Crippen LogP contribution >= 0.6 is 0 Å². The van der Waals surface area contributed by atoms with Crippen molar-refractivity contribution in [3.8, 4) is 11.8 Å². The van der Waals surface area contributed by atoms with Crippen LogP contribution in [0, 0.1) is 17.7 Å². The maximum atomic E-state index is 13.0. The third-order valence-electron chi connectivity index (χ3n) is 5.06. The highest BCUT2D eigenvalue weighted by Gasteiger charge is 2.42. The first-order valence-electron chi connectivity index (χ1n) is 9.05. The van der Waals surface area contributed by atoms with Crippen molar-refractivity contribution in [2.75, 3.05) is 13.6 Å². The van der Waals surface area contributed by atoms with Crippen molar-refractivity contribution in [2.45, 2.75) is 39.2 Å². The lowest BCUT2D eigenvalue weighted by atomic mass is 10.0. The predicted molar refractivity (Wildman–Crippen MR) is 106 cm³/mol. The molecular formula is C22H24FN3O. The summed E-state index contributed by atoms with van der Waals surface area (Å²) in [6.07, 6.45) is 5.39. The second-order valence-corrected chi connectivity index (χ2v) is 7.55. The van der Waals surface area contributed by atoms with E-state index in [0.717, 1.165) is 29.7 Å². The summed E-state index contributed by atoms with van der Waals surface area (Å²) in [5, 5.41) is 0. The number of nitrogens with zero attached hydrogens (tertiary/aromatic N) is 3.